The molecule has 0 saturated carbocycles. The van der Waals surface area contributed by atoms with Crippen molar-refractivity contribution in [3.8, 4) is 17.6 Å². The molecule has 0 saturated heterocycles. The molecule has 1 aromatic heterocycles. The fourth-order valence-electron chi connectivity index (χ4n) is 4.45. The van der Waals surface area contributed by atoms with E-state index in [9.17, 15) is 27.1 Å². The molecule has 0 radical (unpaired) electrons. The van der Waals surface area contributed by atoms with Gasteiger partial charge < -0.3 is 19.1 Å². The third kappa shape index (κ3) is 3.04. The number of aromatic nitrogens is 2. The van der Waals surface area contributed by atoms with Crippen molar-refractivity contribution in [3.05, 3.63) is 77.1 Å². The molecule has 3 atom stereocenters. The predicted molar refractivity (Wildman–Crippen MR) is 109 cm³/mol. The Labute approximate surface area is 194 Å². The zero-order valence-electron chi connectivity index (χ0n) is 16.9. The number of halogens is 5. The van der Waals surface area contributed by atoms with Gasteiger partial charge in [-0.25, -0.2) is 9.37 Å². The van der Waals surface area contributed by atoms with E-state index in [0.29, 0.717) is 0 Å². The van der Waals surface area contributed by atoms with Crippen molar-refractivity contribution in [2.45, 2.75) is 35.5 Å². The first-order valence-corrected chi connectivity index (χ1v) is 10.4. The molecule has 1 N–H and O–H groups in total. The van der Waals surface area contributed by atoms with Gasteiger partial charge in [-0.1, -0.05) is 0 Å². The van der Waals surface area contributed by atoms with Gasteiger partial charge in [0.15, 0.2) is 11.2 Å². The van der Waals surface area contributed by atoms with Crippen LogP contribution in [-0.4, -0.2) is 20.6 Å². The molecule has 0 fully saturated rings. The summed E-state index contributed by atoms with van der Waals surface area (Å²) in [7, 11) is 0. The molecule has 1 heterocycles. The molecule has 0 aliphatic heterocycles. The van der Waals surface area contributed by atoms with Gasteiger partial charge in [-0.15, -0.1) is 12.6 Å². The van der Waals surface area contributed by atoms with E-state index in [0.717, 1.165) is 24.3 Å². The second-order valence-electron chi connectivity index (χ2n) is 7.96. The fourth-order valence-corrected chi connectivity index (χ4v) is 4.73. The highest BCUT2D eigenvalue weighted by atomic mass is 32.1. The van der Waals surface area contributed by atoms with Gasteiger partial charge >= 0.3 is 11.8 Å². The summed E-state index contributed by atoms with van der Waals surface area (Å²) in [6.45, 7) is 0. The van der Waals surface area contributed by atoms with E-state index in [1.54, 1.807) is 6.07 Å². The highest BCUT2D eigenvalue weighted by Gasteiger charge is 2.79. The molecule has 12 heteroatoms. The quantitative estimate of drug-likeness (QED) is 0.290. The van der Waals surface area contributed by atoms with Gasteiger partial charge in [0, 0.05) is 41.6 Å². The summed E-state index contributed by atoms with van der Waals surface area (Å²) >= 11 is 4.26. The number of benzene rings is 2. The molecule has 2 aromatic carbocycles. The predicted octanol–water partition coefficient (Wildman–Crippen LogP) is 5.16. The number of hydrogen-bond donors (Lipinski definition) is 2. The molecule has 34 heavy (non-hydrogen) atoms. The van der Waals surface area contributed by atoms with Gasteiger partial charge in [0.25, 0.3) is 0 Å². The summed E-state index contributed by atoms with van der Waals surface area (Å²) in [5, 5.41) is 19.9. The first kappa shape index (κ1) is 22.6. The van der Waals surface area contributed by atoms with E-state index in [4.69, 9.17) is 14.7 Å². The van der Waals surface area contributed by atoms with E-state index in [2.05, 4.69) is 17.6 Å². The van der Waals surface area contributed by atoms with Gasteiger partial charge in [-0.2, -0.15) is 22.8 Å². The first-order valence-electron chi connectivity index (χ1n) is 9.85. The summed E-state index contributed by atoms with van der Waals surface area (Å²) in [6, 6.07) is 6.59. The maximum absolute atomic E-state index is 14.9. The number of thiol groups is 1. The van der Waals surface area contributed by atoms with Gasteiger partial charge in [0.2, 0.25) is 0 Å². The van der Waals surface area contributed by atoms with Gasteiger partial charge in [0.1, 0.15) is 17.3 Å². The molecule has 6 nitrogen and oxygen atoms in total. The Morgan fingerprint density at radius 1 is 1.24 bits per heavy atom. The molecule has 2 aliphatic carbocycles. The van der Waals surface area contributed by atoms with Crippen molar-refractivity contribution in [1.29, 1.82) is 5.26 Å². The van der Waals surface area contributed by atoms with Gasteiger partial charge in [0.05, 0.1) is 24.1 Å². The molecular weight excluding hydrogens is 481 g/mol. The summed E-state index contributed by atoms with van der Waals surface area (Å²) in [6.07, 6.45) is 2.01. The Kier molecular flexibility index (Phi) is 4.95. The summed E-state index contributed by atoms with van der Waals surface area (Å²) in [5.41, 5.74) is -6.37. The standard InChI is InChI=1S/C22H14F5N3O3S/c23-12-5-11(9-28)6-13(7-12)32-15-2-1-14-18-17(15)16(33-19(34)30-4-3-29-10-30)8-20(18,31)22(26,27)21(14,24)25/h1-7,10,16,19,31,34H,8H2. The third-order valence-electron chi connectivity index (χ3n) is 5.97. The highest BCUT2D eigenvalue weighted by molar-refractivity contribution is 7.80. The number of rotatable bonds is 5. The van der Waals surface area contributed by atoms with Crippen molar-refractivity contribution in [3.63, 3.8) is 0 Å². The Balaban J connectivity index is 1.65. The molecule has 0 amide bonds. The SMILES string of the molecule is N#Cc1cc(F)cc(Oc2ccc3c4c2C(OC(S)n2ccnc2)CC4(O)C(F)(F)C3(F)F)c1. The Hall–Kier alpha value is -3.14. The van der Waals surface area contributed by atoms with Crippen LogP contribution in [0.15, 0.2) is 49.1 Å². The van der Waals surface area contributed by atoms with E-state index in [1.165, 1.54) is 29.4 Å². The average Bonchev–Trinajstić information content (AvgIpc) is 3.43. The largest absolute Gasteiger partial charge is 0.457 e. The zero-order chi connectivity index (χ0) is 24.5. The number of hydrogen-bond acceptors (Lipinski definition) is 6. The number of ether oxygens (including phenoxy) is 2. The van der Waals surface area contributed by atoms with Crippen molar-refractivity contribution < 1.29 is 36.5 Å². The van der Waals surface area contributed by atoms with Crippen molar-refractivity contribution in [2.24, 2.45) is 0 Å². The molecule has 176 valence electrons. The maximum atomic E-state index is 14.9. The Morgan fingerprint density at radius 3 is 2.68 bits per heavy atom. The lowest BCUT2D eigenvalue weighted by Gasteiger charge is -2.31. The van der Waals surface area contributed by atoms with Crippen LogP contribution in [0.3, 0.4) is 0 Å². The van der Waals surface area contributed by atoms with Gasteiger partial charge in [-0.3, -0.25) is 0 Å². The number of alkyl halides is 4. The van der Waals surface area contributed by atoms with Crippen LogP contribution < -0.4 is 4.74 Å². The lowest BCUT2D eigenvalue weighted by molar-refractivity contribution is -0.290. The van der Waals surface area contributed by atoms with Crippen molar-refractivity contribution in [1.82, 2.24) is 9.55 Å². The number of nitrogens with zero attached hydrogens (tertiary/aromatic N) is 3. The fraction of sp³-hybridized carbons (Fsp3) is 0.273. The topological polar surface area (TPSA) is 80.3 Å². The maximum Gasteiger partial charge on any atom is 0.346 e. The first-order chi connectivity index (χ1) is 16.0. The lowest BCUT2D eigenvalue weighted by atomic mass is 9.94. The zero-order valence-corrected chi connectivity index (χ0v) is 17.8. The van der Waals surface area contributed by atoms with Gasteiger partial charge in [-0.05, 0) is 24.3 Å². The van der Waals surface area contributed by atoms with E-state index in [1.807, 2.05) is 0 Å². The monoisotopic (exact) mass is 495 g/mol. The molecule has 5 rings (SSSR count). The normalized spacial score (nSPS) is 24.5. The third-order valence-corrected chi connectivity index (χ3v) is 6.36. The van der Waals surface area contributed by atoms with Crippen molar-refractivity contribution >= 4 is 12.6 Å². The number of nitriles is 1. The molecule has 0 bridgehead atoms. The lowest BCUT2D eigenvalue weighted by Crippen LogP contribution is -2.48. The van der Waals surface area contributed by atoms with Crippen LogP contribution in [0, 0.1) is 17.1 Å². The van der Waals surface area contributed by atoms with Crippen LogP contribution in [0.25, 0.3) is 0 Å². The van der Waals surface area contributed by atoms with E-state index >= 15 is 0 Å². The van der Waals surface area contributed by atoms with Crippen LogP contribution in [0.1, 0.15) is 40.3 Å². The minimum absolute atomic E-state index is 0.0783. The minimum Gasteiger partial charge on any atom is -0.457 e. The van der Waals surface area contributed by atoms with Crippen LogP contribution in [0.4, 0.5) is 22.0 Å². The second-order valence-corrected chi connectivity index (χ2v) is 8.41. The molecular formula is C22H14F5N3O3S. The van der Waals surface area contributed by atoms with Crippen LogP contribution in [0.2, 0.25) is 0 Å². The molecule has 0 spiro atoms. The van der Waals surface area contributed by atoms with E-state index in [-0.39, 0.29) is 22.6 Å². The Morgan fingerprint density at radius 2 is 2.00 bits per heavy atom. The highest BCUT2D eigenvalue weighted by Crippen LogP contribution is 2.68. The minimum atomic E-state index is -4.83. The second kappa shape index (κ2) is 7.43. The van der Waals surface area contributed by atoms with E-state index < -0.39 is 52.5 Å². The van der Waals surface area contributed by atoms with Crippen LogP contribution in [-0.2, 0) is 16.3 Å². The number of aliphatic hydroxyl groups is 1. The number of imidazole rings is 1. The summed E-state index contributed by atoms with van der Waals surface area (Å²) in [5.74, 6) is -10.7. The summed E-state index contributed by atoms with van der Waals surface area (Å²) in [4.78, 5) is 3.84. The Bertz CT molecular complexity index is 1330. The molecule has 3 unspecified atom stereocenters. The van der Waals surface area contributed by atoms with Crippen LogP contribution in [0.5, 0.6) is 11.5 Å². The average molecular weight is 495 g/mol. The smallest absolute Gasteiger partial charge is 0.346 e. The summed E-state index contributed by atoms with van der Waals surface area (Å²) < 4.78 is 85.7. The van der Waals surface area contributed by atoms with Crippen LogP contribution >= 0.6 is 12.6 Å². The molecule has 3 aromatic rings. The van der Waals surface area contributed by atoms with Crippen molar-refractivity contribution in [2.75, 3.05) is 0 Å². The molecule has 2 aliphatic rings.